The van der Waals surface area contributed by atoms with Crippen LogP contribution in [0, 0.1) is 5.82 Å². The van der Waals surface area contributed by atoms with E-state index in [1.807, 2.05) is 0 Å². The summed E-state index contributed by atoms with van der Waals surface area (Å²) >= 11 is 0. The van der Waals surface area contributed by atoms with E-state index in [4.69, 9.17) is 4.74 Å². The first kappa shape index (κ1) is 18.0. The van der Waals surface area contributed by atoms with E-state index >= 15 is 0 Å². The zero-order chi connectivity index (χ0) is 18.4. The minimum absolute atomic E-state index is 0.274. The summed E-state index contributed by atoms with van der Waals surface area (Å²) in [6.45, 7) is 5.85. The minimum Gasteiger partial charge on any atom is -0.490 e. The van der Waals surface area contributed by atoms with E-state index in [0.29, 0.717) is 23.6 Å². The van der Waals surface area contributed by atoms with Crippen LogP contribution in [0.15, 0.2) is 55.1 Å². The highest BCUT2D eigenvalue weighted by molar-refractivity contribution is 6.06. The van der Waals surface area contributed by atoms with Crippen LogP contribution >= 0.6 is 0 Å². The Labute approximate surface area is 153 Å². The van der Waals surface area contributed by atoms with Gasteiger partial charge in [0.1, 0.15) is 18.2 Å². The molecule has 0 aromatic heterocycles. The lowest BCUT2D eigenvalue weighted by molar-refractivity contribution is 0.102. The van der Waals surface area contributed by atoms with Gasteiger partial charge in [-0.3, -0.25) is 4.79 Å². The summed E-state index contributed by atoms with van der Waals surface area (Å²) < 4.78 is 19.2. The summed E-state index contributed by atoms with van der Waals surface area (Å²) in [6.07, 6.45) is 5.08. The van der Waals surface area contributed by atoms with E-state index in [0.717, 1.165) is 31.6 Å². The van der Waals surface area contributed by atoms with Crippen molar-refractivity contribution in [1.29, 1.82) is 0 Å². The lowest BCUT2D eigenvalue weighted by Gasteiger charge is -2.30. The molecule has 1 fully saturated rings. The minimum atomic E-state index is -0.366. The Balaban J connectivity index is 1.76. The summed E-state index contributed by atoms with van der Waals surface area (Å²) in [5, 5.41) is 2.85. The Bertz CT molecular complexity index is 768. The number of ether oxygens (including phenoxy) is 1. The molecule has 0 bridgehead atoms. The Hall–Kier alpha value is -2.82. The summed E-state index contributed by atoms with van der Waals surface area (Å²) in [5.74, 6) is 0.0274. The molecule has 26 heavy (non-hydrogen) atoms. The molecule has 0 atom stereocenters. The van der Waals surface area contributed by atoms with Crippen molar-refractivity contribution < 1.29 is 13.9 Å². The SMILES string of the molecule is C=CCOc1ccc(C(=O)Nc2cc(F)ccc2N2CCCCC2)cc1. The lowest BCUT2D eigenvalue weighted by Crippen LogP contribution is -2.30. The van der Waals surface area contributed by atoms with Crippen molar-refractivity contribution in [2.75, 3.05) is 29.9 Å². The predicted octanol–water partition coefficient (Wildman–Crippen LogP) is 4.63. The third kappa shape index (κ3) is 4.42. The number of piperidine rings is 1. The smallest absolute Gasteiger partial charge is 0.255 e. The summed E-state index contributed by atoms with van der Waals surface area (Å²) in [4.78, 5) is 14.8. The number of anilines is 2. The van der Waals surface area contributed by atoms with Crippen LogP contribution in [0.5, 0.6) is 5.75 Å². The molecule has 1 heterocycles. The van der Waals surface area contributed by atoms with E-state index in [2.05, 4.69) is 16.8 Å². The fraction of sp³-hybridized carbons (Fsp3) is 0.286. The van der Waals surface area contributed by atoms with Crippen LogP contribution in [-0.4, -0.2) is 25.6 Å². The van der Waals surface area contributed by atoms with Crippen LogP contribution in [0.25, 0.3) is 0 Å². The van der Waals surface area contributed by atoms with Crippen LogP contribution in [0.2, 0.25) is 0 Å². The molecule has 0 saturated carbocycles. The molecule has 4 nitrogen and oxygen atoms in total. The number of carbonyl (C=O) groups is 1. The van der Waals surface area contributed by atoms with Gasteiger partial charge in [-0.05, 0) is 61.7 Å². The lowest BCUT2D eigenvalue weighted by atomic mass is 10.1. The second kappa shape index (κ2) is 8.52. The maximum atomic E-state index is 13.7. The van der Waals surface area contributed by atoms with E-state index < -0.39 is 0 Å². The summed E-state index contributed by atoms with van der Waals surface area (Å²) in [6, 6.07) is 11.4. The van der Waals surface area contributed by atoms with Crippen molar-refractivity contribution in [3.8, 4) is 5.75 Å². The zero-order valence-electron chi connectivity index (χ0n) is 14.7. The van der Waals surface area contributed by atoms with Gasteiger partial charge in [0.15, 0.2) is 0 Å². The highest BCUT2D eigenvalue weighted by atomic mass is 19.1. The largest absolute Gasteiger partial charge is 0.490 e. The van der Waals surface area contributed by atoms with Crippen LogP contribution < -0.4 is 15.0 Å². The monoisotopic (exact) mass is 354 g/mol. The average Bonchev–Trinajstić information content (AvgIpc) is 2.67. The van der Waals surface area contributed by atoms with Crippen molar-refractivity contribution >= 4 is 17.3 Å². The molecule has 1 aliphatic rings. The number of halogens is 1. The highest BCUT2D eigenvalue weighted by Gasteiger charge is 2.17. The second-order valence-corrected chi connectivity index (χ2v) is 6.29. The molecule has 0 aliphatic carbocycles. The topological polar surface area (TPSA) is 41.6 Å². The van der Waals surface area contributed by atoms with Crippen LogP contribution in [-0.2, 0) is 0 Å². The Morgan fingerprint density at radius 2 is 1.88 bits per heavy atom. The first-order chi connectivity index (χ1) is 12.7. The molecule has 0 radical (unpaired) electrons. The summed E-state index contributed by atoms with van der Waals surface area (Å²) in [7, 11) is 0. The third-order valence-corrected chi connectivity index (χ3v) is 4.39. The highest BCUT2D eigenvalue weighted by Crippen LogP contribution is 2.30. The molecule has 136 valence electrons. The van der Waals surface area contributed by atoms with Gasteiger partial charge in [0.25, 0.3) is 5.91 Å². The van der Waals surface area contributed by atoms with Crippen LogP contribution in [0.4, 0.5) is 15.8 Å². The maximum Gasteiger partial charge on any atom is 0.255 e. The number of hydrogen-bond acceptors (Lipinski definition) is 3. The Morgan fingerprint density at radius 3 is 2.58 bits per heavy atom. The van der Waals surface area contributed by atoms with Gasteiger partial charge in [-0.15, -0.1) is 0 Å². The normalized spacial score (nSPS) is 14.0. The molecule has 2 aromatic carbocycles. The standard InChI is InChI=1S/C21H23FN2O2/c1-2-14-26-18-9-6-16(7-10-18)21(25)23-19-15-17(22)8-11-20(19)24-12-4-3-5-13-24/h2,6-11,15H,1,3-5,12-14H2,(H,23,25). The number of carbonyl (C=O) groups excluding carboxylic acids is 1. The predicted molar refractivity (Wildman–Crippen MR) is 103 cm³/mol. The fourth-order valence-corrected chi connectivity index (χ4v) is 3.07. The fourth-order valence-electron chi connectivity index (χ4n) is 3.07. The number of hydrogen-bond donors (Lipinski definition) is 1. The van der Waals surface area contributed by atoms with Gasteiger partial charge in [-0.1, -0.05) is 12.7 Å². The van der Waals surface area contributed by atoms with Crippen molar-refractivity contribution in [3.63, 3.8) is 0 Å². The van der Waals surface area contributed by atoms with Crippen molar-refractivity contribution in [3.05, 3.63) is 66.5 Å². The second-order valence-electron chi connectivity index (χ2n) is 6.29. The first-order valence-corrected chi connectivity index (χ1v) is 8.87. The van der Waals surface area contributed by atoms with E-state index in [1.54, 1.807) is 36.4 Å². The number of benzene rings is 2. The van der Waals surface area contributed by atoms with Gasteiger partial charge in [0.05, 0.1) is 11.4 Å². The van der Waals surface area contributed by atoms with Gasteiger partial charge in [0, 0.05) is 18.7 Å². The van der Waals surface area contributed by atoms with E-state index in [-0.39, 0.29) is 11.7 Å². The Kier molecular flexibility index (Phi) is 5.89. The van der Waals surface area contributed by atoms with Crippen molar-refractivity contribution in [1.82, 2.24) is 0 Å². The summed E-state index contributed by atoms with van der Waals surface area (Å²) in [5.41, 5.74) is 1.86. The molecule has 2 aromatic rings. The third-order valence-electron chi connectivity index (χ3n) is 4.39. The number of amides is 1. The number of rotatable bonds is 6. The molecule has 1 amide bonds. The molecular weight excluding hydrogens is 331 g/mol. The molecule has 0 spiro atoms. The van der Waals surface area contributed by atoms with Crippen LogP contribution in [0.3, 0.4) is 0 Å². The quantitative estimate of drug-likeness (QED) is 0.769. The van der Waals surface area contributed by atoms with Gasteiger partial charge in [-0.2, -0.15) is 0 Å². The van der Waals surface area contributed by atoms with Gasteiger partial charge in [0.2, 0.25) is 0 Å². The van der Waals surface area contributed by atoms with Gasteiger partial charge in [-0.25, -0.2) is 4.39 Å². The van der Waals surface area contributed by atoms with E-state index in [1.165, 1.54) is 18.6 Å². The maximum absolute atomic E-state index is 13.7. The average molecular weight is 354 g/mol. The van der Waals surface area contributed by atoms with Crippen molar-refractivity contribution in [2.45, 2.75) is 19.3 Å². The first-order valence-electron chi connectivity index (χ1n) is 8.87. The molecular formula is C21H23FN2O2. The molecule has 3 rings (SSSR count). The molecule has 5 heteroatoms. The Morgan fingerprint density at radius 1 is 1.15 bits per heavy atom. The molecule has 0 unspecified atom stereocenters. The van der Waals surface area contributed by atoms with Crippen LogP contribution in [0.1, 0.15) is 29.6 Å². The molecule has 1 N–H and O–H groups in total. The van der Waals surface area contributed by atoms with Gasteiger partial charge < -0.3 is 15.0 Å². The number of nitrogens with one attached hydrogen (secondary N) is 1. The number of nitrogens with zero attached hydrogens (tertiary/aromatic N) is 1. The van der Waals surface area contributed by atoms with Crippen molar-refractivity contribution in [2.24, 2.45) is 0 Å². The van der Waals surface area contributed by atoms with Gasteiger partial charge >= 0.3 is 0 Å². The molecule has 1 aliphatic heterocycles. The zero-order valence-corrected chi connectivity index (χ0v) is 14.7. The van der Waals surface area contributed by atoms with E-state index in [9.17, 15) is 9.18 Å². The molecule has 1 saturated heterocycles.